The fourth-order valence-electron chi connectivity index (χ4n) is 3.55. The molecule has 168 valence electrons. The molecule has 0 aliphatic carbocycles. The van der Waals surface area contributed by atoms with E-state index >= 15 is 0 Å². The van der Waals surface area contributed by atoms with Crippen LogP contribution in [-0.4, -0.2) is 33.0 Å². The lowest BCUT2D eigenvalue weighted by Gasteiger charge is -2.18. The molecule has 0 saturated heterocycles. The lowest BCUT2D eigenvalue weighted by atomic mass is 10.0. The highest BCUT2D eigenvalue weighted by Gasteiger charge is 2.40. The van der Waals surface area contributed by atoms with Crippen LogP contribution in [0.3, 0.4) is 0 Å². The number of anilines is 3. The molecule has 1 aliphatic heterocycles. The van der Waals surface area contributed by atoms with E-state index in [2.05, 4.69) is 5.32 Å². The van der Waals surface area contributed by atoms with Crippen molar-refractivity contribution < 1.29 is 18.7 Å². The molecule has 6 nitrogen and oxygen atoms in total. The highest BCUT2D eigenvalue weighted by Crippen LogP contribution is 2.35. The Kier molecular flexibility index (Phi) is 6.07. The molecule has 0 atom stereocenters. The van der Waals surface area contributed by atoms with Gasteiger partial charge in [0, 0.05) is 25.5 Å². The molecule has 0 fully saturated rings. The average molecular weight is 466 g/mol. The number of benzene rings is 3. The molecule has 4 rings (SSSR count). The van der Waals surface area contributed by atoms with Crippen LogP contribution in [0.15, 0.2) is 72.4 Å². The molecule has 1 aliphatic rings. The van der Waals surface area contributed by atoms with Gasteiger partial charge in [-0.15, -0.1) is 0 Å². The molecule has 0 spiro atoms. The van der Waals surface area contributed by atoms with Crippen LogP contribution in [0, 0.1) is 5.82 Å². The molecule has 0 saturated carbocycles. The number of nitrogens with zero attached hydrogens (tertiary/aromatic N) is 2. The Labute approximate surface area is 195 Å². The van der Waals surface area contributed by atoms with Crippen molar-refractivity contribution in [1.29, 1.82) is 0 Å². The maximum absolute atomic E-state index is 13.5. The van der Waals surface area contributed by atoms with Crippen molar-refractivity contribution >= 4 is 46.1 Å². The molecule has 3 aromatic rings. The molecule has 2 amide bonds. The molecule has 0 unspecified atom stereocenters. The van der Waals surface area contributed by atoms with E-state index in [0.717, 1.165) is 10.6 Å². The van der Waals surface area contributed by atoms with Gasteiger partial charge in [0.2, 0.25) is 0 Å². The van der Waals surface area contributed by atoms with Gasteiger partial charge in [-0.1, -0.05) is 23.7 Å². The predicted molar refractivity (Wildman–Crippen MR) is 128 cm³/mol. The Morgan fingerprint density at radius 3 is 2.18 bits per heavy atom. The van der Waals surface area contributed by atoms with Gasteiger partial charge in [-0.3, -0.25) is 9.59 Å². The first-order chi connectivity index (χ1) is 15.8. The smallest absolute Gasteiger partial charge is 0.282 e. The summed E-state index contributed by atoms with van der Waals surface area (Å²) in [5.74, 6) is -0.995. The van der Waals surface area contributed by atoms with Crippen LogP contribution < -0.4 is 19.9 Å². The van der Waals surface area contributed by atoms with E-state index < -0.39 is 17.6 Å². The number of rotatable bonds is 6. The number of carbonyl (C=O) groups excluding carboxylic acids is 2. The predicted octanol–water partition coefficient (Wildman–Crippen LogP) is 4.95. The van der Waals surface area contributed by atoms with E-state index in [0.29, 0.717) is 27.7 Å². The van der Waals surface area contributed by atoms with Crippen LogP contribution in [0.1, 0.15) is 5.56 Å². The number of carbonyl (C=O) groups is 2. The third kappa shape index (κ3) is 4.27. The van der Waals surface area contributed by atoms with Crippen LogP contribution in [0.2, 0.25) is 5.02 Å². The summed E-state index contributed by atoms with van der Waals surface area (Å²) < 4.78 is 18.7. The topological polar surface area (TPSA) is 61.9 Å². The summed E-state index contributed by atoms with van der Waals surface area (Å²) in [7, 11) is 5.30. The van der Waals surface area contributed by atoms with Crippen molar-refractivity contribution in [3.63, 3.8) is 0 Å². The van der Waals surface area contributed by atoms with Crippen molar-refractivity contribution in [2.24, 2.45) is 0 Å². The summed E-state index contributed by atoms with van der Waals surface area (Å²) in [5.41, 5.74) is 2.49. The van der Waals surface area contributed by atoms with Gasteiger partial charge in [0.05, 0.1) is 23.4 Å². The first-order valence-corrected chi connectivity index (χ1v) is 10.4. The first-order valence-electron chi connectivity index (χ1n) is 10.1. The summed E-state index contributed by atoms with van der Waals surface area (Å²) in [5, 5.41) is 3.38. The van der Waals surface area contributed by atoms with Crippen molar-refractivity contribution in [2.45, 2.75) is 0 Å². The summed E-state index contributed by atoms with van der Waals surface area (Å²) >= 11 is 6.23. The Balaban J connectivity index is 1.77. The van der Waals surface area contributed by atoms with Gasteiger partial charge in [0.25, 0.3) is 11.8 Å². The highest BCUT2D eigenvalue weighted by atomic mass is 35.5. The van der Waals surface area contributed by atoms with Crippen molar-refractivity contribution in [2.75, 3.05) is 36.3 Å². The van der Waals surface area contributed by atoms with E-state index in [1.807, 2.05) is 31.1 Å². The van der Waals surface area contributed by atoms with Gasteiger partial charge in [0.15, 0.2) is 0 Å². The summed E-state index contributed by atoms with van der Waals surface area (Å²) in [4.78, 5) is 29.9. The molecule has 0 radical (unpaired) electrons. The number of amides is 2. The lowest BCUT2D eigenvalue weighted by molar-refractivity contribution is -0.120. The number of ether oxygens (including phenoxy) is 1. The number of halogens is 2. The number of methoxy groups -OCH3 is 1. The van der Waals surface area contributed by atoms with Gasteiger partial charge < -0.3 is 15.0 Å². The molecule has 3 aromatic carbocycles. The molecular formula is C25H21ClFN3O3. The van der Waals surface area contributed by atoms with Crippen LogP contribution in [-0.2, 0) is 9.59 Å². The Hall–Kier alpha value is -3.84. The van der Waals surface area contributed by atoms with Crippen molar-refractivity contribution in [3.8, 4) is 5.75 Å². The minimum Gasteiger partial charge on any atom is -0.495 e. The number of hydrogen-bond acceptors (Lipinski definition) is 5. The molecular weight excluding hydrogens is 445 g/mol. The van der Waals surface area contributed by atoms with Crippen LogP contribution >= 0.6 is 11.6 Å². The zero-order chi connectivity index (χ0) is 23.7. The molecule has 8 heteroatoms. The Bertz CT molecular complexity index is 1250. The zero-order valence-corrected chi connectivity index (χ0v) is 19.0. The second-order valence-electron chi connectivity index (χ2n) is 7.59. The normalized spacial score (nSPS) is 13.5. The lowest BCUT2D eigenvalue weighted by Crippen LogP contribution is -2.32. The summed E-state index contributed by atoms with van der Waals surface area (Å²) in [6, 6.07) is 17.4. The fraction of sp³-hybridized carbons (Fsp3) is 0.120. The minimum absolute atomic E-state index is 0.0736. The average Bonchev–Trinajstić information content (AvgIpc) is 3.04. The summed E-state index contributed by atoms with van der Waals surface area (Å²) in [6.45, 7) is 0. The monoisotopic (exact) mass is 465 g/mol. The molecule has 33 heavy (non-hydrogen) atoms. The van der Waals surface area contributed by atoms with E-state index in [4.69, 9.17) is 16.3 Å². The van der Waals surface area contributed by atoms with Gasteiger partial charge in [-0.05, 0) is 60.2 Å². The number of hydrogen-bond donors (Lipinski definition) is 1. The quantitative estimate of drug-likeness (QED) is 0.522. The van der Waals surface area contributed by atoms with Crippen molar-refractivity contribution in [1.82, 2.24) is 0 Å². The number of nitrogens with one attached hydrogen (secondary N) is 1. The van der Waals surface area contributed by atoms with Crippen molar-refractivity contribution in [3.05, 3.63) is 88.8 Å². The zero-order valence-electron chi connectivity index (χ0n) is 18.2. The molecule has 0 bridgehead atoms. The summed E-state index contributed by atoms with van der Waals surface area (Å²) in [6.07, 6.45) is 0. The van der Waals surface area contributed by atoms with Crippen LogP contribution in [0.4, 0.5) is 21.5 Å². The highest BCUT2D eigenvalue weighted by molar-refractivity contribution is 6.46. The second-order valence-corrected chi connectivity index (χ2v) is 7.99. The maximum Gasteiger partial charge on any atom is 0.282 e. The standard InChI is InChI=1S/C25H21ClFN3O3/c1-29(2)18-9-11-19(12-10-18)30-24(31)22(15-4-6-16(27)7-5-15)23(25(30)32)28-17-8-13-21(33-3)20(26)14-17/h4-14,28H,1-3H3. The van der Waals surface area contributed by atoms with E-state index in [-0.39, 0.29) is 11.3 Å². The third-order valence-corrected chi connectivity index (χ3v) is 5.56. The largest absolute Gasteiger partial charge is 0.495 e. The van der Waals surface area contributed by atoms with Gasteiger partial charge in [0.1, 0.15) is 17.3 Å². The molecule has 0 aromatic heterocycles. The molecule has 1 N–H and O–H groups in total. The second kappa shape index (κ2) is 8.96. The van der Waals surface area contributed by atoms with E-state index in [9.17, 15) is 14.0 Å². The van der Waals surface area contributed by atoms with Gasteiger partial charge in [-0.25, -0.2) is 9.29 Å². The van der Waals surface area contributed by atoms with Crippen LogP contribution in [0.25, 0.3) is 5.57 Å². The van der Waals surface area contributed by atoms with E-state index in [1.165, 1.54) is 31.4 Å². The third-order valence-electron chi connectivity index (χ3n) is 5.26. The Morgan fingerprint density at radius 1 is 0.939 bits per heavy atom. The first kappa shape index (κ1) is 22.4. The van der Waals surface area contributed by atoms with Gasteiger partial charge in [-0.2, -0.15) is 0 Å². The number of imide groups is 1. The SMILES string of the molecule is COc1ccc(NC2=C(c3ccc(F)cc3)C(=O)N(c3ccc(N(C)C)cc3)C2=O)cc1Cl. The molecule has 1 heterocycles. The van der Waals surface area contributed by atoms with Gasteiger partial charge >= 0.3 is 0 Å². The van der Waals surface area contributed by atoms with Crippen LogP contribution in [0.5, 0.6) is 5.75 Å². The fourth-order valence-corrected chi connectivity index (χ4v) is 3.81. The maximum atomic E-state index is 13.5. The minimum atomic E-state index is -0.524. The Morgan fingerprint density at radius 2 is 1.61 bits per heavy atom. The van der Waals surface area contributed by atoms with E-state index in [1.54, 1.807) is 30.3 Å².